The van der Waals surface area contributed by atoms with Gasteiger partial charge in [0.15, 0.2) is 0 Å². The zero-order valence-corrected chi connectivity index (χ0v) is 16.0. The number of carbonyl (C=O) groups excluding carboxylic acids is 1. The number of rotatable bonds is 4. The number of nitrogens with zero attached hydrogens (tertiary/aromatic N) is 1. The first kappa shape index (κ1) is 20.7. The number of carbonyl (C=O) groups is 1. The normalized spacial score (nSPS) is 19.9. The van der Waals surface area contributed by atoms with Gasteiger partial charge < -0.3 is 11.1 Å². The van der Waals surface area contributed by atoms with Crippen molar-refractivity contribution < 1.29 is 4.79 Å². The number of nitrogens with two attached hydrogens (primary N) is 1. The molecular weight excluding hydrogens is 353 g/mol. The van der Waals surface area contributed by atoms with Crippen LogP contribution in [0.15, 0.2) is 0 Å². The van der Waals surface area contributed by atoms with Crippen molar-refractivity contribution in [3.8, 4) is 0 Å². The van der Waals surface area contributed by atoms with Crippen molar-refractivity contribution in [2.45, 2.75) is 69.7 Å². The van der Waals surface area contributed by atoms with Gasteiger partial charge in [-0.05, 0) is 32.6 Å². The minimum Gasteiger partial charge on any atom is -0.345 e. The van der Waals surface area contributed by atoms with E-state index in [1.54, 1.807) is 11.3 Å². The predicted molar refractivity (Wildman–Crippen MR) is 100 cm³/mol. The lowest BCUT2D eigenvalue weighted by Crippen LogP contribution is -2.51. The average Bonchev–Trinajstić information content (AvgIpc) is 3.18. The Bertz CT molecular complexity index is 523. The minimum atomic E-state index is -0.180. The summed E-state index contributed by atoms with van der Waals surface area (Å²) in [5.41, 5.74) is 6.61. The number of hydrogen-bond donors (Lipinski definition) is 2. The molecule has 1 aromatic heterocycles. The summed E-state index contributed by atoms with van der Waals surface area (Å²) in [6.45, 7) is 2.49. The first-order valence-electron chi connectivity index (χ1n) is 8.13. The van der Waals surface area contributed by atoms with E-state index >= 15 is 0 Å². The average molecular weight is 380 g/mol. The maximum atomic E-state index is 12.6. The molecule has 3 N–H and O–H groups in total. The molecule has 23 heavy (non-hydrogen) atoms. The molecule has 0 aromatic carbocycles. The predicted octanol–water partition coefficient (Wildman–Crippen LogP) is 3.95. The Morgan fingerprint density at radius 1 is 1.26 bits per heavy atom. The van der Waals surface area contributed by atoms with E-state index in [9.17, 15) is 4.79 Å². The van der Waals surface area contributed by atoms with Crippen molar-refractivity contribution in [2.75, 3.05) is 6.54 Å². The van der Waals surface area contributed by atoms with Crippen LogP contribution in [0.5, 0.6) is 0 Å². The highest BCUT2D eigenvalue weighted by Gasteiger charge is 2.35. The van der Waals surface area contributed by atoms with E-state index in [1.807, 2.05) is 6.92 Å². The molecule has 1 amide bonds. The Kier molecular flexibility index (Phi) is 7.78. The third kappa shape index (κ3) is 4.38. The summed E-state index contributed by atoms with van der Waals surface area (Å²) < 4.78 is 0. The second-order valence-electron chi connectivity index (χ2n) is 6.59. The van der Waals surface area contributed by atoms with E-state index in [1.165, 1.54) is 25.7 Å². The summed E-state index contributed by atoms with van der Waals surface area (Å²) in [5, 5.41) is 4.37. The fourth-order valence-corrected chi connectivity index (χ4v) is 4.84. The van der Waals surface area contributed by atoms with Crippen LogP contribution in [0, 0.1) is 6.92 Å². The Labute approximate surface area is 154 Å². The van der Waals surface area contributed by atoms with Crippen molar-refractivity contribution in [1.29, 1.82) is 0 Å². The highest BCUT2D eigenvalue weighted by molar-refractivity contribution is 7.13. The molecule has 0 spiro atoms. The topological polar surface area (TPSA) is 68.0 Å². The number of halogens is 2. The molecule has 1 aromatic rings. The molecular formula is C16H27Cl2N3OS. The van der Waals surface area contributed by atoms with Gasteiger partial charge in [0.1, 0.15) is 4.88 Å². The van der Waals surface area contributed by atoms with Gasteiger partial charge >= 0.3 is 0 Å². The number of aromatic nitrogens is 1. The van der Waals surface area contributed by atoms with Crippen LogP contribution in [0.3, 0.4) is 0 Å². The van der Waals surface area contributed by atoms with E-state index in [0.717, 1.165) is 41.3 Å². The van der Waals surface area contributed by atoms with Gasteiger partial charge in [-0.25, -0.2) is 4.98 Å². The van der Waals surface area contributed by atoms with Crippen molar-refractivity contribution in [2.24, 2.45) is 5.73 Å². The van der Waals surface area contributed by atoms with Gasteiger partial charge in [-0.3, -0.25) is 4.79 Å². The molecule has 4 nitrogen and oxygen atoms in total. The molecule has 2 fully saturated rings. The van der Waals surface area contributed by atoms with Crippen molar-refractivity contribution >= 4 is 42.1 Å². The number of nitrogens with one attached hydrogen (secondary N) is 1. The monoisotopic (exact) mass is 379 g/mol. The van der Waals surface area contributed by atoms with Crippen molar-refractivity contribution in [1.82, 2.24) is 10.3 Å². The number of amides is 1. The fraction of sp³-hybridized carbons (Fsp3) is 0.750. The van der Waals surface area contributed by atoms with Crippen LogP contribution >= 0.6 is 36.2 Å². The molecule has 0 radical (unpaired) electrons. The van der Waals surface area contributed by atoms with Gasteiger partial charge in [0.05, 0.1) is 16.2 Å². The zero-order chi connectivity index (χ0) is 14.9. The fourth-order valence-electron chi connectivity index (χ4n) is 3.70. The van der Waals surface area contributed by atoms with Gasteiger partial charge in [0.25, 0.3) is 5.91 Å². The van der Waals surface area contributed by atoms with Crippen LogP contribution in [-0.4, -0.2) is 23.0 Å². The molecule has 3 rings (SSSR count). The molecule has 0 unspecified atom stereocenters. The molecule has 0 atom stereocenters. The number of aryl methyl sites for hydroxylation is 1. The van der Waals surface area contributed by atoms with Crippen LogP contribution in [0.2, 0.25) is 0 Å². The van der Waals surface area contributed by atoms with Crippen molar-refractivity contribution in [3.63, 3.8) is 0 Å². The molecule has 2 aliphatic carbocycles. The Hall–Kier alpha value is -0.360. The summed E-state index contributed by atoms with van der Waals surface area (Å²) in [7, 11) is 0. The Morgan fingerprint density at radius 3 is 2.43 bits per heavy atom. The minimum absolute atomic E-state index is 0. The number of hydrogen-bond acceptors (Lipinski definition) is 4. The molecule has 2 aliphatic rings. The van der Waals surface area contributed by atoms with Crippen LogP contribution in [0.1, 0.15) is 77.7 Å². The third-order valence-electron chi connectivity index (χ3n) is 5.05. The highest BCUT2D eigenvalue weighted by Crippen LogP contribution is 2.37. The Morgan fingerprint density at radius 2 is 1.87 bits per heavy atom. The van der Waals surface area contributed by atoms with Crippen molar-refractivity contribution in [3.05, 3.63) is 15.6 Å². The van der Waals surface area contributed by atoms with E-state index < -0.39 is 0 Å². The van der Waals surface area contributed by atoms with Crippen LogP contribution in [-0.2, 0) is 0 Å². The van der Waals surface area contributed by atoms with Gasteiger partial charge in [-0.1, -0.05) is 25.7 Å². The summed E-state index contributed by atoms with van der Waals surface area (Å²) >= 11 is 1.59. The van der Waals surface area contributed by atoms with E-state index in [0.29, 0.717) is 12.5 Å². The molecule has 7 heteroatoms. The maximum Gasteiger partial charge on any atom is 0.263 e. The molecule has 0 saturated heterocycles. The van der Waals surface area contributed by atoms with Gasteiger partial charge in [-0.15, -0.1) is 36.2 Å². The molecule has 132 valence electrons. The lowest BCUT2D eigenvalue weighted by molar-refractivity contribution is 0.0906. The third-order valence-corrected chi connectivity index (χ3v) is 6.37. The Balaban J connectivity index is 0.00000132. The van der Waals surface area contributed by atoms with Gasteiger partial charge in [-0.2, -0.15) is 0 Å². The highest BCUT2D eigenvalue weighted by atomic mass is 35.5. The molecule has 0 bridgehead atoms. The van der Waals surface area contributed by atoms with E-state index in [4.69, 9.17) is 5.73 Å². The summed E-state index contributed by atoms with van der Waals surface area (Å²) in [5.74, 6) is 0.604. The maximum absolute atomic E-state index is 12.6. The standard InChI is InChI=1S/C16H25N3OS.2ClH/c1-11-13(21-15(18-11)12-6-2-3-7-12)14(20)19-16(10-17)8-4-5-9-16;;/h12H,2-10,17H2,1H3,(H,19,20);2*1H. The summed E-state index contributed by atoms with van der Waals surface area (Å²) in [6, 6.07) is 0. The van der Waals surface area contributed by atoms with Gasteiger partial charge in [0, 0.05) is 12.5 Å². The van der Waals surface area contributed by atoms with E-state index in [2.05, 4.69) is 10.3 Å². The zero-order valence-electron chi connectivity index (χ0n) is 13.6. The largest absolute Gasteiger partial charge is 0.345 e. The molecule has 0 aliphatic heterocycles. The lowest BCUT2D eigenvalue weighted by atomic mass is 9.98. The van der Waals surface area contributed by atoms with Crippen LogP contribution in [0.25, 0.3) is 0 Å². The van der Waals surface area contributed by atoms with Gasteiger partial charge in [0.2, 0.25) is 0 Å². The van der Waals surface area contributed by atoms with Crippen LogP contribution < -0.4 is 11.1 Å². The first-order chi connectivity index (χ1) is 10.1. The van der Waals surface area contributed by atoms with Crippen LogP contribution in [0.4, 0.5) is 0 Å². The second kappa shape index (κ2) is 8.65. The lowest BCUT2D eigenvalue weighted by Gasteiger charge is -2.28. The quantitative estimate of drug-likeness (QED) is 0.831. The number of thiazole rings is 1. The SMILES string of the molecule is Cc1nc(C2CCCC2)sc1C(=O)NC1(CN)CCCC1.Cl.Cl. The summed E-state index contributed by atoms with van der Waals surface area (Å²) in [6.07, 6.45) is 9.35. The second-order valence-corrected chi connectivity index (χ2v) is 7.62. The molecule has 2 saturated carbocycles. The summed E-state index contributed by atoms with van der Waals surface area (Å²) in [4.78, 5) is 18.1. The molecule has 1 heterocycles. The smallest absolute Gasteiger partial charge is 0.263 e. The van der Waals surface area contributed by atoms with E-state index in [-0.39, 0.29) is 36.3 Å². The first-order valence-corrected chi connectivity index (χ1v) is 8.95.